The summed E-state index contributed by atoms with van der Waals surface area (Å²) in [5.41, 5.74) is 9.16. The molecule has 0 aliphatic carbocycles. The number of amides is 1. The van der Waals surface area contributed by atoms with Gasteiger partial charge in [0, 0.05) is 7.05 Å². The van der Waals surface area contributed by atoms with Crippen LogP contribution < -0.4 is 11.6 Å². The van der Waals surface area contributed by atoms with Gasteiger partial charge in [-0.1, -0.05) is 54.6 Å². The molecule has 0 aliphatic heterocycles. The van der Waals surface area contributed by atoms with Crippen LogP contribution >= 0.6 is 0 Å². The van der Waals surface area contributed by atoms with Crippen molar-refractivity contribution in [3.63, 3.8) is 0 Å². The predicted molar refractivity (Wildman–Crippen MR) is 80.5 cm³/mol. The highest BCUT2D eigenvalue weighted by Gasteiger charge is 2.16. The van der Waals surface area contributed by atoms with Crippen molar-refractivity contribution in [3.8, 4) is 11.1 Å². The van der Waals surface area contributed by atoms with E-state index in [9.17, 15) is 4.79 Å². The number of carbonyl (C=O) groups excluding carboxylic acids is 1. The van der Waals surface area contributed by atoms with E-state index in [0.717, 1.165) is 16.1 Å². The zero-order valence-electron chi connectivity index (χ0n) is 11.5. The lowest BCUT2D eigenvalue weighted by molar-refractivity contribution is -0.131. The number of hydrogen-bond acceptors (Lipinski definition) is 3. The fourth-order valence-electron chi connectivity index (χ4n) is 2.07. The van der Waals surface area contributed by atoms with Crippen LogP contribution in [0.25, 0.3) is 11.1 Å². The van der Waals surface area contributed by atoms with Crippen LogP contribution in [-0.2, 0) is 11.2 Å². The first-order chi connectivity index (χ1) is 9.58. The van der Waals surface area contributed by atoms with Gasteiger partial charge in [0.2, 0.25) is 0 Å². The molecule has 104 valence electrons. The van der Waals surface area contributed by atoms with E-state index in [1.165, 1.54) is 12.6 Å². The monoisotopic (exact) mass is 269 g/mol. The van der Waals surface area contributed by atoms with Crippen LogP contribution in [0.1, 0.15) is 5.56 Å². The summed E-state index contributed by atoms with van der Waals surface area (Å²) >= 11 is 0. The smallest absolute Gasteiger partial charge is 0.253 e. The molecule has 0 fully saturated rings. The van der Waals surface area contributed by atoms with Crippen LogP contribution in [0.3, 0.4) is 0 Å². The Hall–Kier alpha value is -2.17. The molecule has 1 amide bonds. The van der Waals surface area contributed by atoms with E-state index < -0.39 is 6.04 Å². The quantitative estimate of drug-likeness (QED) is 0.502. The Bertz CT molecular complexity index is 564. The highest BCUT2D eigenvalue weighted by Crippen LogP contribution is 2.19. The fourth-order valence-corrected chi connectivity index (χ4v) is 2.07. The third kappa shape index (κ3) is 3.44. The Morgan fingerprint density at radius 1 is 1.05 bits per heavy atom. The number of likely N-dealkylation sites (N-methyl/N-ethyl adjacent to an activating group) is 1. The summed E-state index contributed by atoms with van der Waals surface area (Å²) < 4.78 is 0. The van der Waals surface area contributed by atoms with Gasteiger partial charge in [0.25, 0.3) is 5.91 Å². The minimum absolute atomic E-state index is 0.267. The summed E-state index contributed by atoms with van der Waals surface area (Å²) in [6.07, 6.45) is 0.482. The molecule has 1 unspecified atom stereocenters. The molecule has 4 heteroatoms. The van der Waals surface area contributed by atoms with Crippen LogP contribution in [0.2, 0.25) is 0 Å². The van der Waals surface area contributed by atoms with Gasteiger partial charge in [0.05, 0.1) is 6.04 Å². The lowest BCUT2D eigenvalue weighted by Gasteiger charge is -2.16. The Morgan fingerprint density at radius 3 is 2.15 bits per heavy atom. The van der Waals surface area contributed by atoms with Gasteiger partial charge in [0.1, 0.15) is 0 Å². The molecule has 0 saturated carbocycles. The number of carbonyl (C=O) groups is 1. The van der Waals surface area contributed by atoms with Crippen LogP contribution in [0.5, 0.6) is 0 Å². The van der Waals surface area contributed by atoms with Crippen molar-refractivity contribution in [2.24, 2.45) is 11.6 Å². The van der Waals surface area contributed by atoms with Gasteiger partial charge in [-0.3, -0.25) is 9.80 Å². The average Bonchev–Trinajstić information content (AvgIpc) is 2.48. The molecular formula is C16H19N3O. The van der Waals surface area contributed by atoms with Gasteiger partial charge in [-0.05, 0) is 23.1 Å². The molecule has 0 radical (unpaired) electrons. The highest BCUT2D eigenvalue weighted by atomic mass is 16.2. The summed E-state index contributed by atoms with van der Waals surface area (Å²) in [7, 11) is 1.50. The lowest BCUT2D eigenvalue weighted by atomic mass is 10.0. The third-order valence-corrected chi connectivity index (χ3v) is 3.18. The highest BCUT2D eigenvalue weighted by molar-refractivity contribution is 5.81. The standard InChI is InChI=1S/C16H19N3O/c1-19(18)16(20)15(17)11-12-7-9-14(10-8-12)13-5-3-2-4-6-13/h2-10,15H,11,17-18H2,1H3. The van der Waals surface area contributed by atoms with E-state index in [1.54, 1.807) is 0 Å². The van der Waals surface area contributed by atoms with Crippen molar-refractivity contribution in [1.29, 1.82) is 0 Å². The SMILES string of the molecule is CN(N)C(=O)C(N)Cc1ccc(-c2ccccc2)cc1. The molecule has 20 heavy (non-hydrogen) atoms. The van der Waals surface area contributed by atoms with Crippen LogP contribution in [-0.4, -0.2) is 24.0 Å². The number of hydrogen-bond donors (Lipinski definition) is 2. The van der Waals surface area contributed by atoms with Gasteiger partial charge < -0.3 is 5.73 Å². The Balaban J connectivity index is 2.07. The lowest BCUT2D eigenvalue weighted by Crippen LogP contribution is -2.46. The number of benzene rings is 2. The van der Waals surface area contributed by atoms with Crippen molar-refractivity contribution in [3.05, 3.63) is 60.2 Å². The number of nitrogens with zero attached hydrogens (tertiary/aromatic N) is 1. The second-order valence-corrected chi connectivity index (χ2v) is 4.82. The summed E-state index contributed by atoms with van der Waals surface area (Å²) in [6.45, 7) is 0. The first-order valence-electron chi connectivity index (χ1n) is 6.50. The van der Waals surface area contributed by atoms with E-state index in [-0.39, 0.29) is 5.91 Å². The van der Waals surface area contributed by atoms with Crippen molar-refractivity contribution in [1.82, 2.24) is 5.01 Å². The van der Waals surface area contributed by atoms with Crippen molar-refractivity contribution in [2.75, 3.05) is 7.05 Å². The van der Waals surface area contributed by atoms with Crippen LogP contribution in [0.4, 0.5) is 0 Å². The average molecular weight is 269 g/mol. The predicted octanol–water partition coefficient (Wildman–Crippen LogP) is 1.56. The van der Waals surface area contributed by atoms with Gasteiger partial charge in [-0.2, -0.15) is 0 Å². The summed E-state index contributed by atoms with van der Waals surface area (Å²) in [4.78, 5) is 11.6. The number of rotatable bonds is 4. The van der Waals surface area contributed by atoms with Crippen molar-refractivity contribution < 1.29 is 4.79 Å². The minimum atomic E-state index is -0.604. The molecule has 1 atom stereocenters. The maximum absolute atomic E-state index is 11.6. The van der Waals surface area contributed by atoms with E-state index >= 15 is 0 Å². The topological polar surface area (TPSA) is 72.3 Å². The molecule has 0 aromatic heterocycles. The molecule has 2 aromatic rings. The molecule has 2 aromatic carbocycles. The molecule has 4 nitrogen and oxygen atoms in total. The Morgan fingerprint density at radius 2 is 1.60 bits per heavy atom. The molecular weight excluding hydrogens is 250 g/mol. The molecule has 0 aliphatic rings. The Labute approximate surface area is 119 Å². The van der Waals surface area contributed by atoms with Crippen molar-refractivity contribution in [2.45, 2.75) is 12.5 Å². The maximum Gasteiger partial charge on any atom is 0.253 e. The summed E-state index contributed by atoms with van der Waals surface area (Å²) in [5.74, 6) is 5.13. The number of nitrogens with two attached hydrogens (primary N) is 2. The van der Waals surface area contributed by atoms with Gasteiger partial charge in [-0.15, -0.1) is 0 Å². The van der Waals surface area contributed by atoms with Gasteiger partial charge in [0.15, 0.2) is 0 Å². The van der Waals surface area contributed by atoms with Gasteiger partial charge >= 0.3 is 0 Å². The molecule has 0 saturated heterocycles. The first-order valence-corrected chi connectivity index (χ1v) is 6.50. The zero-order chi connectivity index (χ0) is 14.5. The maximum atomic E-state index is 11.6. The molecule has 2 rings (SSSR count). The van der Waals surface area contributed by atoms with E-state index in [4.69, 9.17) is 11.6 Å². The number of hydrazine groups is 1. The second kappa shape index (κ2) is 6.32. The minimum Gasteiger partial charge on any atom is -0.320 e. The summed E-state index contributed by atoms with van der Waals surface area (Å²) in [6, 6.07) is 17.6. The molecule has 4 N–H and O–H groups in total. The molecule has 0 heterocycles. The normalized spacial score (nSPS) is 11.9. The van der Waals surface area contributed by atoms with Crippen LogP contribution in [0, 0.1) is 0 Å². The second-order valence-electron chi connectivity index (χ2n) is 4.82. The summed E-state index contributed by atoms with van der Waals surface area (Å²) in [5, 5.41) is 1.03. The van der Waals surface area contributed by atoms with Gasteiger partial charge in [-0.25, -0.2) is 5.84 Å². The van der Waals surface area contributed by atoms with Crippen LogP contribution in [0.15, 0.2) is 54.6 Å². The first kappa shape index (κ1) is 14.2. The fraction of sp³-hybridized carbons (Fsp3) is 0.188. The molecule has 0 bridgehead atoms. The molecule has 0 spiro atoms. The van der Waals surface area contributed by atoms with E-state index in [0.29, 0.717) is 6.42 Å². The van der Waals surface area contributed by atoms with Crippen molar-refractivity contribution >= 4 is 5.91 Å². The van der Waals surface area contributed by atoms with E-state index in [1.807, 2.05) is 42.5 Å². The largest absolute Gasteiger partial charge is 0.320 e. The Kier molecular flexibility index (Phi) is 4.50. The third-order valence-electron chi connectivity index (χ3n) is 3.18. The zero-order valence-corrected chi connectivity index (χ0v) is 11.5. The van der Waals surface area contributed by atoms with E-state index in [2.05, 4.69) is 12.1 Å².